The van der Waals surface area contributed by atoms with E-state index in [1.807, 2.05) is 54.6 Å². The Kier molecular flexibility index (Phi) is 4.92. The Bertz CT molecular complexity index is 904. The van der Waals surface area contributed by atoms with Gasteiger partial charge in [0, 0.05) is 6.07 Å². The average molecular weight is 322 g/mol. The molecule has 0 unspecified atom stereocenters. The Hall–Kier alpha value is -2.77. The van der Waals surface area contributed by atoms with Crippen LogP contribution in [0.1, 0.15) is 0 Å². The molecule has 0 aliphatic heterocycles. The Morgan fingerprint density at radius 3 is 2.39 bits per heavy atom. The van der Waals surface area contributed by atoms with Crippen molar-refractivity contribution in [3.8, 4) is 23.3 Å². The van der Waals surface area contributed by atoms with E-state index in [1.54, 1.807) is 6.07 Å². The Morgan fingerprint density at radius 1 is 0.870 bits per heavy atom. The zero-order chi connectivity index (χ0) is 15.9. The van der Waals surface area contributed by atoms with Crippen LogP contribution < -0.4 is 9.47 Å². The van der Waals surface area contributed by atoms with Crippen molar-refractivity contribution in [2.24, 2.45) is 0 Å². The minimum Gasteiger partial charge on any atom is -0.481 e. The normalized spacial score (nSPS) is 9.91. The molecule has 0 N–H and O–H groups in total. The van der Waals surface area contributed by atoms with Crippen LogP contribution in [-0.2, 0) is 0 Å². The average Bonchev–Trinajstić information content (AvgIpc) is 2.58. The topological polar surface area (TPSA) is 31.6 Å². The molecule has 23 heavy (non-hydrogen) atoms. The van der Waals surface area contributed by atoms with Gasteiger partial charge in [-0.05, 0) is 36.5 Å². The second kappa shape index (κ2) is 7.48. The van der Waals surface area contributed by atoms with Crippen LogP contribution >= 0.6 is 12.2 Å². The SMILES string of the molecule is S=c1cc(OCC#CCOc2ccccc2)c2ccccc2o1. The predicted octanol–water partition coefficient (Wildman–Crippen LogP) is 4.62. The molecule has 0 radical (unpaired) electrons. The van der Waals surface area contributed by atoms with E-state index in [4.69, 9.17) is 26.1 Å². The first-order chi connectivity index (χ1) is 11.3. The molecule has 4 heteroatoms. The molecule has 3 nitrogen and oxygen atoms in total. The highest BCUT2D eigenvalue weighted by atomic mass is 32.1. The summed E-state index contributed by atoms with van der Waals surface area (Å²) in [6, 6.07) is 18.9. The van der Waals surface area contributed by atoms with Gasteiger partial charge in [0.15, 0.2) is 4.71 Å². The summed E-state index contributed by atoms with van der Waals surface area (Å²) in [4.78, 5) is 0. The van der Waals surface area contributed by atoms with E-state index in [1.165, 1.54) is 0 Å². The number of hydrogen-bond acceptors (Lipinski definition) is 4. The summed E-state index contributed by atoms with van der Waals surface area (Å²) in [5.41, 5.74) is 0.704. The summed E-state index contributed by atoms with van der Waals surface area (Å²) in [5.74, 6) is 7.32. The van der Waals surface area contributed by atoms with Crippen LogP contribution in [0.3, 0.4) is 0 Å². The molecule has 0 bridgehead atoms. The van der Waals surface area contributed by atoms with Crippen LogP contribution in [0, 0.1) is 16.5 Å². The predicted molar refractivity (Wildman–Crippen MR) is 92.3 cm³/mol. The van der Waals surface area contributed by atoms with Gasteiger partial charge in [0.05, 0.1) is 5.39 Å². The van der Waals surface area contributed by atoms with Gasteiger partial charge in [-0.15, -0.1) is 0 Å². The van der Waals surface area contributed by atoms with E-state index in [-0.39, 0.29) is 6.61 Å². The third-order valence-corrected chi connectivity index (χ3v) is 3.29. The molecule has 0 fully saturated rings. The number of para-hydroxylation sites is 2. The summed E-state index contributed by atoms with van der Waals surface area (Å²) in [6.45, 7) is 0.589. The van der Waals surface area contributed by atoms with Crippen molar-refractivity contribution in [2.45, 2.75) is 0 Å². The molecule has 0 amide bonds. The summed E-state index contributed by atoms with van der Waals surface area (Å²) >= 11 is 5.10. The largest absolute Gasteiger partial charge is 0.481 e. The smallest absolute Gasteiger partial charge is 0.194 e. The number of rotatable bonds is 4. The second-order valence-corrected chi connectivity index (χ2v) is 5.07. The molecule has 0 saturated carbocycles. The van der Waals surface area contributed by atoms with Gasteiger partial charge < -0.3 is 13.9 Å². The molecule has 3 rings (SSSR count). The summed E-state index contributed by atoms with van der Waals surface area (Å²) < 4.78 is 17.0. The standard InChI is InChI=1S/C19H14O3S/c23-19-14-18(16-10-4-5-11-17(16)22-19)21-13-7-6-12-20-15-8-2-1-3-9-15/h1-5,8-11,14H,12-13H2. The van der Waals surface area contributed by atoms with E-state index >= 15 is 0 Å². The van der Waals surface area contributed by atoms with Crippen LogP contribution in [-0.4, -0.2) is 13.2 Å². The fourth-order valence-corrected chi connectivity index (χ4v) is 2.25. The van der Waals surface area contributed by atoms with Gasteiger partial charge in [-0.1, -0.05) is 42.2 Å². The number of hydrogen-bond donors (Lipinski definition) is 0. The lowest BCUT2D eigenvalue weighted by molar-refractivity contribution is 0.363. The van der Waals surface area contributed by atoms with Gasteiger partial charge in [0.1, 0.15) is 30.3 Å². The molecular weight excluding hydrogens is 308 g/mol. The summed E-state index contributed by atoms with van der Waals surface area (Å²) in [5, 5.41) is 0.878. The Morgan fingerprint density at radius 2 is 1.57 bits per heavy atom. The second-order valence-electron chi connectivity index (χ2n) is 4.67. The van der Waals surface area contributed by atoms with Crippen LogP contribution in [0.25, 0.3) is 11.0 Å². The quantitative estimate of drug-likeness (QED) is 0.518. The molecule has 1 heterocycles. The summed E-state index contributed by atoms with van der Waals surface area (Å²) in [7, 11) is 0. The number of fused-ring (bicyclic) bond motifs is 1. The van der Waals surface area contributed by atoms with Crippen molar-refractivity contribution in [3.63, 3.8) is 0 Å². The summed E-state index contributed by atoms with van der Waals surface area (Å²) in [6.07, 6.45) is 0. The highest BCUT2D eigenvalue weighted by molar-refractivity contribution is 7.71. The van der Waals surface area contributed by atoms with E-state index in [9.17, 15) is 0 Å². The molecule has 114 valence electrons. The maximum absolute atomic E-state index is 5.70. The number of benzene rings is 2. The highest BCUT2D eigenvalue weighted by Gasteiger charge is 2.03. The molecule has 3 aromatic rings. The molecule has 1 aromatic heterocycles. The third kappa shape index (κ3) is 4.12. The minimum absolute atomic E-state index is 0.265. The molecule has 0 spiro atoms. The van der Waals surface area contributed by atoms with Crippen molar-refractivity contribution in [3.05, 3.63) is 65.4 Å². The molecule has 0 saturated heterocycles. The van der Waals surface area contributed by atoms with Crippen molar-refractivity contribution in [1.29, 1.82) is 0 Å². The lowest BCUT2D eigenvalue weighted by Crippen LogP contribution is -1.97. The van der Waals surface area contributed by atoms with Gasteiger partial charge in [-0.25, -0.2) is 0 Å². The maximum atomic E-state index is 5.70. The maximum Gasteiger partial charge on any atom is 0.194 e. The van der Waals surface area contributed by atoms with Crippen LogP contribution in [0.2, 0.25) is 0 Å². The van der Waals surface area contributed by atoms with Gasteiger partial charge in [0.2, 0.25) is 0 Å². The van der Waals surface area contributed by atoms with E-state index in [2.05, 4.69) is 11.8 Å². The molecule has 0 atom stereocenters. The lowest BCUT2D eigenvalue weighted by atomic mass is 10.2. The molecule has 0 aliphatic rings. The van der Waals surface area contributed by atoms with Crippen molar-refractivity contribution >= 4 is 23.2 Å². The minimum atomic E-state index is 0.265. The van der Waals surface area contributed by atoms with E-state index < -0.39 is 0 Å². The molecule has 2 aromatic carbocycles. The first-order valence-corrected chi connectivity index (χ1v) is 7.53. The van der Waals surface area contributed by atoms with Crippen LogP contribution in [0.5, 0.6) is 11.5 Å². The van der Waals surface area contributed by atoms with Gasteiger partial charge >= 0.3 is 0 Å². The zero-order valence-corrected chi connectivity index (χ0v) is 13.1. The van der Waals surface area contributed by atoms with Crippen molar-refractivity contribution in [2.75, 3.05) is 13.2 Å². The highest BCUT2D eigenvalue weighted by Crippen LogP contribution is 2.25. The van der Waals surface area contributed by atoms with E-state index in [0.29, 0.717) is 22.6 Å². The Balaban J connectivity index is 1.59. The zero-order valence-electron chi connectivity index (χ0n) is 12.3. The van der Waals surface area contributed by atoms with E-state index in [0.717, 1.165) is 11.1 Å². The van der Waals surface area contributed by atoms with Gasteiger partial charge in [0.25, 0.3) is 0 Å². The van der Waals surface area contributed by atoms with Crippen molar-refractivity contribution < 1.29 is 13.9 Å². The first-order valence-electron chi connectivity index (χ1n) is 7.12. The molecule has 0 aliphatic carbocycles. The monoisotopic (exact) mass is 322 g/mol. The van der Waals surface area contributed by atoms with Crippen molar-refractivity contribution in [1.82, 2.24) is 0 Å². The Labute approximate surface area is 139 Å². The molecular formula is C19H14O3S. The first kappa shape index (κ1) is 15.1. The third-order valence-electron chi connectivity index (χ3n) is 3.09. The lowest BCUT2D eigenvalue weighted by Gasteiger charge is -2.05. The van der Waals surface area contributed by atoms with Gasteiger partial charge in [-0.2, -0.15) is 0 Å². The number of ether oxygens (including phenoxy) is 2. The van der Waals surface area contributed by atoms with Gasteiger partial charge in [-0.3, -0.25) is 0 Å². The fourth-order valence-electron chi connectivity index (χ4n) is 2.05. The fraction of sp³-hybridized carbons (Fsp3) is 0.105. The van der Waals surface area contributed by atoms with Crippen LogP contribution in [0.4, 0.5) is 0 Å². The van der Waals surface area contributed by atoms with Crippen LogP contribution in [0.15, 0.2) is 65.1 Å².